The van der Waals surface area contributed by atoms with Gasteiger partial charge in [0.1, 0.15) is 0 Å². The van der Waals surface area contributed by atoms with Crippen molar-refractivity contribution in [1.82, 2.24) is 15.3 Å². The molecule has 0 aliphatic carbocycles. The van der Waals surface area contributed by atoms with Gasteiger partial charge in [-0.3, -0.25) is 9.78 Å². The van der Waals surface area contributed by atoms with E-state index in [0.717, 1.165) is 53.3 Å². The summed E-state index contributed by atoms with van der Waals surface area (Å²) >= 11 is 0. The van der Waals surface area contributed by atoms with Gasteiger partial charge in [-0.05, 0) is 55.8 Å². The van der Waals surface area contributed by atoms with Crippen LogP contribution in [0.2, 0.25) is 0 Å². The maximum absolute atomic E-state index is 12.0. The number of rotatable bonds is 4. The fourth-order valence-corrected chi connectivity index (χ4v) is 4.52. The number of hydrogen-bond donors (Lipinski definition) is 2. The molecule has 2 aliphatic heterocycles. The Morgan fingerprint density at radius 2 is 1.84 bits per heavy atom. The molecule has 2 atom stereocenters. The van der Waals surface area contributed by atoms with E-state index in [4.69, 9.17) is 4.74 Å². The topological polar surface area (TPSA) is 70.2 Å². The largest absolute Gasteiger partial charge is 0.372 e. The van der Waals surface area contributed by atoms with E-state index < -0.39 is 0 Å². The first-order valence-electron chi connectivity index (χ1n) is 11.2. The number of hydrogen-bond acceptors (Lipinski definition) is 4. The van der Waals surface area contributed by atoms with E-state index in [2.05, 4.69) is 64.4 Å². The number of ether oxygens (including phenoxy) is 1. The molecule has 1 fully saturated rings. The Morgan fingerprint density at radius 3 is 2.59 bits per heavy atom. The fraction of sp³-hybridized carbons (Fsp3) is 0.308. The molecule has 164 valence electrons. The van der Waals surface area contributed by atoms with Crippen molar-refractivity contribution in [2.45, 2.75) is 32.5 Å². The van der Waals surface area contributed by atoms with Gasteiger partial charge in [-0.25, -0.2) is 0 Å². The SMILES string of the molecule is C[C@@H]1CN(c2ccc(/C=C/c3cc(-c4cc5c([nH]4)CCNC5=O)ccn3)cc2)C[C@H](C)O1. The monoisotopic (exact) mass is 428 g/mol. The molecule has 0 bridgehead atoms. The van der Waals surface area contributed by atoms with Crippen molar-refractivity contribution in [3.63, 3.8) is 0 Å². The summed E-state index contributed by atoms with van der Waals surface area (Å²) in [7, 11) is 0. The zero-order valence-electron chi connectivity index (χ0n) is 18.5. The van der Waals surface area contributed by atoms with Crippen LogP contribution in [-0.2, 0) is 11.2 Å². The Morgan fingerprint density at radius 1 is 1.06 bits per heavy atom. The maximum Gasteiger partial charge on any atom is 0.253 e. The highest BCUT2D eigenvalue weighted by Gasteiger charge is 2.22. The number of anilines is 1. The standard InChI is InChI=1S/C26H28N4O2/c1-17-15-30(16-18(2)32-17)22-7-4-19(5-8-22)3-6-21-13-20(9-11-27-21)25-14-23-24(29-25)10-12-28-26(23)31/h3-9,11,13-14,17-18,29H,10,12,15-16H2,1-2H3,(H,28,31)/b6-3+/t17-,18+. The van der Waals surface area contributed by atoms with Crippen LogP contribution < -0.4 is 10.2 Å². The molecule has 1 amide bonds. The van der Waals surface area contributed by atoms with E-state index in [-0.39, 0.29) is 18.1 Å². The van der Waals surface area contributed by atoms with Gasteiger partial charge in [0.05, 0.1) is 23.5 Å². The molecule has 5 rings (SSSR count). The normalized spacial score (nSPS) is 20.9. The number of aromatic nitrogens is 2. The number of morpholine rings is 1. The van der Waals surface area contributed by atoms with Gasteiger partial charge in [-0.15, -0.1) is 0 Å². The molecule has 6 nitrogen and oxygen atoms in total. The van der Waals surface area contributed by atoms with E-state index in [1.165, 1.54) is 5.69 Å². The van der Waals surface area contributed by atoms with Crippen LogP contribution in [-0.4, -0.2) is 47.7 Å². The zero-order chi connectivity index (χ0) is 22.1. The Bertz CT molecular complexity index is 1140. The van der Waals surface area contributed by atoms with E-state index in [0.29, 0.717) is 6.54 Å². The number of carbonyl (C=O) groups excluding carboxylic acids is 1. The fourth-order valence-electron chi connectivity index (χ4n) is 4.52. The van der Waals surface area contributed by atoms with Gasteiger partial charge in [-0.2, -0.15) is 0 Å². The molecule has 4 heterocycles. The van der Waals surface area contributed by atoms with Gasteiger partial charge in [0.15, 0.2) is 0 Å². The van der Waals surface area contributed by atoms with Crippen LogP contribution in [0.5, 0.6) is 0 Å². The Hall–Kier alpha value is -3.38. The molecule has 32 heavy (non-hydrogen) atoms. The molecule has 0 spiro atoms. The van der Waals surface area contributed by atoms with Crippen molar-refractivity contribution in [3.8, 4) is 11.3 Å². The van der Waals surface area contributed by atoms with Crippen molar-refractivity contribution in [2.75, 3.05) is 24.5 Å². The van der Waals surface area contributed by atoms with Crippen LogP contribution in [0.4, 0.5) is 5.69 Å². The minimum absolute atomic E-state index is 0.00707. The second kappa shape index (κ2) is 8.63. The summed E-state index contributed by atoms with van der Waals surface area (Å²) in [5.41, 5.74) is 6.94. The first kappa shape index (κ1) is 20.5. The van der Waals surface area contributed by atoms with Crippen molar-refractivity contribution in [3.05, 3.63) is 71.2 Å². The van der Waals surface area contributed by atoms with Crippen LogP contribution in [0.3, 0.4) is 0 Å². The molecular weight excluding hydrogens is 400 g/mol. The summed E-state index contributed by atoms with van der Waals surface area (Å²) in [6, 6.07) is 14.5. The first-order valence-corrected chi connectivity index (χ1v) is 11.2. The molecule has 0 unspecified atom stereocenters. The summed E-state index contributed by atoms with van der Waals surface area (Å²) in [6.07, 6.45) is 7.23. The zero-order valence-corrected chi connectivity index (χ0v) is 18.5. The van der Waals surface area contributed by atoms with Crippen LogP contribution in [0.15, 0.2) is 48.7 Å². The molecule has 2 aromatic heterocycles. The third-order valence-corrected chi connectivity index (χ3v) is 6.02. The van der Waals surface area contributed by atoms with Crippen molar-refractivity contribution in [1.29, 1.82) is 0 Å². The minimum atomic E-state index is -0.00707. The predicted molar refractivity (Wildman–Crippen MR) is 128 cm³/mol. The summed E-state index contributed by atoms with van der Waals surface area (Å²) < 4.78 is 5.84. The maximum atomic E-state index is 12.0. The van der Waals surface area contributed by atoms with Gasteiger partial charge in [0.2, 0.25) is 0 Å². The van der Waals surface area contributed by atoms with Crippen molar-refractivity contribution < 1.29 is 9.53 Å². The third-order valence-electron chi connectivity index (χ3n) is 6.02. The highest BCUT2D eigenvalue weighted by atomic mass is 16.5. The lowest BCUT2D eigenvalue weighted by atomic mass is 10.1. The van der Waals surface area contributed by atoms with Gasteiger partial charge in [0, 0.05) is 54.9 Å². The number of aromatic amines is 1. The predicted octanol–water partition coefficient (Wildman–Crippen LogP) is 4.15. The number of fused-ring (bicyclic) bond motifs is 1. The van der Waals surface area contributed by atoms with Crippen molar-refractivity contribution in [2.24, 2.45) is 0 Å². The lowest BCUT2D eigenvalue weighted by Crippen LogP contribution is -2.45. The smallest absolute Gasteiger partial charge is 0.253 e. The van der Waals surface area contributed by atoms with E-state index in [9.17, 15) is 4.79 Å². The summed E-state index contributed by atoms with van der Waals surface area (Å²) in [5, 5.41) is 2.89. The second-order valence-electron chi connectivity index (χ2n) is 8.64. The van der Waals surface area contributed by atoms with Crippen LogP contribution in [0.1, 0.15) is 41.2 Å². The number of nitrogens with one attached hydrogen (secondary N) is 2. The van der Waals surface area contributed by atoms with E-state index >= 15 is 0 Å². The van der Waals surface area contributed by atoms with E-state index in [1.54, 1.807) is 6.20 Å². The number of pyridine rings is 1. The Balaban J connectivity index is 1.31. The number of benzene rings is 1. The summed E-state index contributed by atoms with van der Waals surface area (Å²) in [6.45, 7) is 6.76. The quantitative estimate of drug-likeness (QED) is 0.655. The van der Waals surface area contributed by atoms with Gasteiger partial charge < -0.3 is 19.9 Å². The molecular formula is C26H28N4O2. The number of nitrogens with zero attached hydrogens (tertiary/aromatic N) is 2. The van der Waals surface area contributed by atoms with Gasteiger partial charge in [-0.1, -0.05) is 18.2 Å². The molecule has 0 radical (unpaired) electrons. The lowest BCUT2D eigenvalue weighted by molar-refractivity contribution is -0.00521. The van der Waals surface area contributed by atoms with Crippen LogP contribution in [0.25, 0.3) is 23.4 Å². The second-order valence-corrected chi connectivity index (χ2v) is 8.64. The van der Waals surface area contributed by atoms with E-state index in [1.807, 2.05) is 24.3 Å². The average molecular weight is 429 g/mol. The Labute approximate surface area is 188 Å². The molecule has 6 heteroatoms. The molecule has 3 aromatic rings. The molecule has 0 saturated carbocycles. The number of carbonyl (C=O) groups is 1. The highest BCUT2D eigenvalue weighted by Crippen LogP contribution is 2.25. The molecule has 2 aliphatic rings. The summed E-state index contributed by atoms with van der Waals surface area (Å²) in [5.74, 6) is -0.00707. The van der Waals surface area contributed by atoms with Gasteiger partial charge in [0.25, 0.3) is 5.91 Å². The number of amides is 1. The molecule has 2 N–H and O–H groups in total. The highest BCUT2D eigenvalue weighted by molar-refractivity contribution is 5.97. The summed E-state index contributed by atoms with van der Waals surface area (Å²) in [4.78, 5) is 22.3. The molecule has 1 aromatic carbocycles. The van der Waals surface area contributed by atoms with Gasteiger partial charge >= 0.3 is 0 Å². The van der Waals surface area contributed by atoms with Crippen molar-refractivity contribution >= 4 is 23.7 Å². The Kier molecular flexibility index (Phi) is 5.53. The average Bonchev–Trinajstić information content (AvgIpc) is 3.24. The lowest BCUT2D eigenvalue weighted by Gasteiger charge is -2.36. The molecule has 1 saturated heterocycles. The van der Waals surface area contributed by atoms with Crippen LogP contribution >= 0.6 is 0 Å². The number of H-pyrrole nitrogens is 1. The van der Waals surface area contributed by atoms with Crippen LogP contribution in [0, 0.1) is 0 Å². The third kappa shape index (κ3) is 4.32. The minimum Gasteiger partial charge on any atom is -0.372 e. The first-order chi connectivity index (χ1) is 15.5.